The van der Waals surface area contributed by atoms with Gasteiger partial charge in [-0.1, -0.05) is 27.2 Å². The first-order valence-electron chi connectivity index (χ1n) is 7.25. The molecule has 1 aliphatic heterocycles. The molecule has 0 amide bonds. The monoisotopic (exact) mass is 258 g/mol. The lowest BCUT2D eigenvalue weighted by molar-refractivity contribution is -0.112. The van der Waals surface area contributed by atoms with Crippen molar-refractivity contribution in [2.75, 3.05) is 6.61 Å². The molecule has 0 N–H and O–H groups in total. The summed E-state index contributed by atoms with van der Waals surface area (Å²) < 4.78 is 6.09. The number of halogens is 1. The van der Waals surface area contributed by atoms with Gasteiger partial charge in [-0.25, -0.2) is 0 Å². The van der Waals surface area contributed by atoms with Gasteiger partial charge in [0.05, 0.1) is 5.60 Å². The Morgan fingerprint density at radius 2 is 1.88 bits per heavy atom. The fraction of sp³-hybridized carbons (Fsp3) is 1.00. The maximum atomic E-state index is 6.31. The Hall–Kier alpha value is 0.250. The zero-order chi connectivity index (χ0) is 12.5. The van der Waals surface area contributed by atoms with Crippen LogP contribution in [0, 0.1) is 11.3 Å². The second kappa shape index (κ2) is 5.09. The highest BCUT2D eigenvalue weighted by Crippen LogP contribution is 2.47. The third-order valence-corrected chi connectivity index (χ3v) is 5.72. The highest BCUT2D eigenvalue weighted by molar-refractivity contribution is 6.20. The summed E-state index contributed by atoms with van der Waals surface area (Å²) in [6.45, 7) is 8.02. The van der Waals surface area contributed by atoms with Crippen LogP contribution in [0.1, 0.15) is 65.7 Å². The zero-order valence-electron chi connectivity index (χ0n) is 11.6. The van der Waals surface area contributed by atoms with Gasteiger partial charge in [-0.15, -0.1) is 11.6 Å². The number of hydrogen-bond acceptors (Lipinski definition) is 1. The molecule has 1 atom stereocenters. The Morgan fingerprint density at radius 1 is 1.24 bits per heavy atom. The Balaban J connectivity index is 1.93. The number of hydrogen-bond donors (Lipinski definition) is 0. The molecule has 0 bridgehead atoms. The van der Waals surface area contributed by atoms with Gasteiger partial charge in [0.15, 0.2) is 0 Å². The van der Waals surface area contributed by atoms with E-state index in [1.54, 1.807) is 0 Å². The van der Waals surface area contributed by atoms with Crippen LogP contribution < -0.4 is 0 Å². The van der Waals surface area contributed by atoms with E-state index in [-0.39, 0.29) is 5.60 Å². The second-order valence-corrected chi connectivity index (χ2v) is 7.36. The molecule has 0 aromatic heterocycles. The van der Waals surface area contributed by atoms with Crippen LogP contribution in [0.25, 0.3) is 0 Å². The molecule has 2 fully saturated rings. The molecule has 0 aromatic carbocycles. The van der Waals surface area contributed by atoms with Gasteiger partial charge in [-0.2, -0.15) is 0 Å². The molecule has 1 saturated heterocycles. The molecule has 1 spiro atoms. The van der Waals surface area contributed by atoms with Crippen LogP contribution in [-0.2, 0) is 4.74 Å². The number of ether oxygens (including phenoxy) is 1. The third kappa shape index (κ3) is 2.98. The van der Waals surface area contributed by atoms with Crippen LogP contribution in [0.15, 0.2) is 0 Å². The fourth-order valence-corrected chi connectivity index (χ4v) is 3.90. The minimum atomic E-state index is 0.144. The Morgan fingerprint density at radius 3 is 2.41 bits per heavy atom. The predicted octanol–water partition coefficient (Wildman–Crippen LogP) is 4.77. The second-order valence-electron chi connectivity index (χ2n) is 6.74. The van der Waals surface area contributed by atoms with E-state index in [0.717, 1.165) is 25.4 Å². The number of rotatable bonds is 2. The minimum absolute atomic E-state index is 0.144. The molecule has 17 heavy (non-hydrogen) atoms. The van der Waals surface area contributed by atoms with Crippen molar-refractivity contribution in [1.82, 2.24) is 0 Å². The fourth-order valence-electron chi connectivity index (χ4n) is 3.53. The predicted molar refractivity (Wildman–Crippen MR) is 73.6 cm³/mol. The van der Waals surface area contributed by atoms with Crippen LogP contribution in [-0.4, -0.2) is 17.6 Å². The molecule has 100 valence electrons. The van der Waals surface area contributed by atoms with Gasteiger partial charge in [0.1, 0.15) is 0 Å². The molecule has 1 aliphatic carbocycles. The molecule has 2 aliphatic rings. The molecule has 1 unspecified atom stereocenters. The topological polar surface area (TPSA) is 9.23 Å². The molecule has 2 rings (SSSR count). The maximum absolute atomic E-state index is 6.31. The van der Waals surface area contributed by atoms with Gasteiger partial charge in [-0.05, 0) is 49.9 Å². The highest BCUT2D eigenvalue weighted by Gasteiger charge is 2.42. The molecule has 1 saturated carbocycles. The summed E-state index contributed by atoms with van der Waals surface area (Å²) in [5.41, 5.74) is 0.641. The Labute approximate surface area is 111 Å². The Kier molecular flexibility index (Phi) is 4.09. The van der Waals surface area contributed by atoms with Gasteiger partial charge in [0.2, 0.25) is 0 Å². The van der Waals surface area contributed by atoms with Gasteiger partial charge in [-0.3, -0.25) is 0 Å². The third-order valence-electron chi connectivity index (χ3n) is 5.35. The first-order valence-corrected chi connectivity index (χ1v) is 7.69. The lowest BCUT2D eigenvalue weighted by Crippen LogP contribution is -2.45. The lowest BCUT2D eigenvalue weighted by Gasteiger charge is -2.47. The van der Waals surface area contributed by atoms with E-state index in [9.17, 15) is 0 Å². The molecule has 0 radical (unpaired) electrons. The summed E-state index contributed by atoms with van der Waals surface area (Å²) in [6.07, 6.45) is 8.49. The van der Waals surface area contributed by atoms with E-state index in [1.807, 2.05) is 0 Å². The largest absolute Gasteiger partial charge is 0.375 e. The molecule has 1 heterocycles. The first-order chi connectivity index (χ1) is 7.97. The average molecular weight is 259 g/mol. The van der Waals surface area contributed by atoms with Gasteiger partial charge in [0.25, 0.3) is 0 Å². The van der Waals surface area contributed by atoms with E-state index in [2.05, 4.69) is 20.8 Å². The maximum Gasteiger partial charge on any atom is 0.0696 e. The number of alkyl halides is 1. The zero-order valence-corrected chi connectivity index (χ0v) is 12.4. The molecule has 1 nitrogen and oxygen atoms in total. The lowest BCUT2D eigenvalue weighted by atomic mass is 9.65. The average Bonchev–Trinajstić information content (AvgIpc) is 2.29. The summed E-state index contributed by atoms with van der Waals surface area (Å²) in [5.74, 6) is 0.873. The quantitative estimate of drug-likeness (QED) is 0.649. The van der Waals surface area contributed by atoms with Crippen LogP contribution in [0.2, 0.25) is 0 Å². The summed E-state index contributed by atoms with van der Waals surface area (Å²) >= 11 is 6.31. The summed E-state index contributed by atoms with van der Waals surface area (Å²) in [7, 11) is 0. The van der Waals surface area contributed by atoms with E-state index in [1.165, 1.54) is 32.1 Å². The van der Waals surface area contributed by atoms with Gasteiger partial charge < -0.3 is 4.74 Å². The van der Waals surface area contributed by atoms with E-state index < -0.39 is 0 Å². The van der Waals surface area contributed by atoms with Gasteiger partial charge in [0, 0.05) is 12.0 Å². The van der Waals surface area contributed by atoms with Crippen LogP contribution >= 0.6 is 11.6 Å². The standard InChI is InChI=1S/C15H27ClO/c1-4-14(2,3)12-5-8-15(9-6-12)11-13(16)7-10-17-15/h12-13H,4-11H2,1-3H3. The van der Waals surface area contributed by atoms with Crippen molar-refractivity contribution in [1.29, 1.82) is 0 Å². The molecule has 2 heteroatoms. The van der Waals surface area contributed by atoms with Crippen molar-refractivity contribution < 1.29 is 4.74 Å². The molecule has 0 aromatic rings. The Bertz CT molecular complexity index is 254. The normalized spacial score (nSPS) is 39.5. The van der Waals surface area contributed by atoms with Crippen LogP contribution in [0.4, 0.5) is 0 Å². The molecular formula is C15H27ClO. The minimum Gasteiger partial charge on any atom is -0.375 e. The summed E-state index contributed by atoms with van der Waals surface area (Å²) in [6, 6.07) is 0. The van der Waals surface area contributed by atoms with E-state index in [0.29, 0.717) is 10.8 Å². The SMILES string of the molecule is CCC(C)(C)C1CCC2(CC1)CC(Cl)CCO2. The van der Waals surface area contributed by atoms with Crippen molar-refractivity contribution in [2.24, 2.45) is 11.3 Å². The van der Waals surface area contributed by atoms with Crippen LogP contribution in [0.5, 0.6) is 0 Å². The van der Waals surface area contributed by atoms with Crippen molar-refractivity contribution in [2.45, 2.75) is 76.7 Å². The van der Waals surface area contributed by atoms with Crippen molar-refractivity contribution in [3.05, 3.63) is 0 Å². The van der Waals surface area contributed by atoms with Crippen molar-refractivity contribution in [3.8, 4) is 0 Å². The van der Waals surface area contributed by atoms with E-state index in [4.69, 9.17) is 16.3 Å². The van der Waals surface area contributed by atoms with E-state index >= 15 is 0 Å². The van der Waals surface area contributed by atoms with Crippen LogP contribution in [0.3, 0.4) is 0 Å². The first kappa shape index (κ1) is 13.7. The highest BCUT2D eigenvalue weighted by atomic mass is 35.5. The van der Waals surface area contributed by atoms with Crippen molar-refractivity contribution >= 4 is 11.6 Å². The summed E-state index contributed by atoms with van der Waals surface area (Å²) in [4.78, 5) is 0. The summed E-state index contributed by atoms with van der Waals surface area (Å²) in [5, 5.41) is 0.347. The molecular weight excluding hydrogens is 232 g/mol. The van der Waals surface area contributed by atoms with Gasteiger partial charge >= 0.3 is 0 Å². The smallest absolute Gasteiger partial charge is 0.0696 e. The van der Waals surface area contributed by atoms with Crippen molar-refractivity contribution in [3.63, 3.8) is 0 Å².